The van der Waals surface area contributed by atoms with E-state index in [1.54, 1.807) is 19.1 Å². The molecule has 1 fully saturated rings. The fraction of sp³-hybridized carbons (Fsp3) is 0.478. The van der Waals surface area contributed by atoms with Crippen LogP contribution in [0.15, 0.2) is 45.7 Å². The van der Waals surface area contributed by atoms with Crippen molar-refractivity contribution in [1.29, 1.82) is 0 Å². The second kappa shape index (κ2) is 8.35. The number of carbonyl (C=O) groups is 1. The second-order valence-electron chi connectivity index (χ2n) is 8.78. The Kier molecular flexibility index (Phi) is 6.35. The smallest absolute Gasteiger partial charge is 0.255 e. The maximum Gasteiger partial charge on any atom is 0.255 e. The van der Waals surface area contributed by atoms with E-state index >= 15 is 0 Å². The van der Waals surface area contributed by atoms with Gasteiger partial charge in [-0.25, -0.2) is 8.42 Å². The Hall–Kier alpha value is -1.86. The average molecular weight is 447 g/mol. The number of aryl methyl sites for hydroxylation is 1. The second-order valence-corrected chi connectivity index (χ2v) is 11.5. The molecule has 3 rings (SSSR count). The fourth-order valence-electron chi connectivity index (χ4n) is 4.62. The summed E-state index contributed by atoms with van der Waals surface area (Å²) in [6, 6.07) is 7.80. The van der Waals surface area contributed by atoms with Gasteiger partial charge in [0.25, 0.3) is 10.0 Å². The molecule has 1 aliphatic carbocycles. The van der Waals surface area contributed by atoms with Gasteiger partial charge in [-0.3, -0.25) is 4.79 Å². The van der Waals surface area contributed by atoms with E-state index in [2.05, 4.69) is 4.40 Å². The van der Waals surface area contributed by atoms with Gasteiger partial charge in [0, 0.05) is 22.3 Å². The molecule has 5 nitrogen and oxygen atoms in total. The minimum Gasteiger partial charge on any atom is -0.397 e. The Morgan fingerprint density at radius 3 is 2.50 bits per heavy atom. The van der Waals surface area contributed by atoms with Crippen LogP contribution in [-0.2, 0) is 14.8 Å². The molecule has 0 saturated heterocycles. The van der Waals surface area contributed by atoms with Crippen LogP contribution in [0.3, 0.4) is 0 Å². The number of nitrogens with two attached hydrogens (primary N) is 1. The minimum atomic E-state index is -3.82. The first kappa shape index (κ1) is 22.8. The Balaban J connectivity index is 1.87. The van der Waals surface area contributed by atoms with E-state index in [0.29, 0.717) is 23.6 Å². The monoisotopic (exact) mass is 446 g/mol. The highest BCUT2D eigenvalue weighted by molar-refractivity contribution is 8.18. The van der Waals surface area contributed by atoms with Crippen molar-refractivity contribution >= 4 is 38.3 Å². The number of hydrogen-bond donors (Lipinski definition) is 1. The third kappa shape index (κ3) is 4.28. The molecule has 1 atom stereocenters. The van der Waals surface area contributed by atoms with Crippen molar-refractivity contribution in [2.45, 2.75) is 53.4 Å². The maximum absolute atomic E-state index is 13.0. The molecule has 2 N–H and O–H groups in total. The highest BCUT2D eigenvalue weighted by Gasteiger charge is 2.55. The SMILES string of the molecule is CCC(=O)C1(CS(=O)(=O)N=C2C=C/C(=C(/N)c3ccccc3C)S2)CCCC1(C)C. The van der Waals surface area contributed by atoms with Crippen molar-refractivity contribution in [3.63, 3.8) is 0 Å². The lowest BCUT2D eigenvalue weighted by Crippen LogP contribution is -2.45. The van der Waals surface area contributed by atoms with Crippen LogP contribution >= 0.6 is 11.8 Å². The molecular formula is C23H30N2O3S2. The van der Waals surface area contributed by atoms with E-state index in [1.807, 2.05) is 45.0 Å². The van der Waals surface area contributed by atoms with Crippen molar-refractivity contribution in [2.24, 2.45) is 21.0 Å². The molecule has 0 spiro atoms. The molecule has 1 aliphatic heterocycles. The fourth-order valence-corrected chi connectivity index (χ4v) is 7.55. The Morgan fingerprint density at radius 2 is 1.90 bits per heavy atom. The number of allylic oxidation sites excluding steroid dienone is 1. The summed E-state index contributed by atoms with van der Waals surface area (Å²) in [6.07, 6.45) is 6.12. The van der Waals surface area contributed by atoms with Gasteiger partial charge in [0.1, 0.15) is 10.8 Å². The van der Waals surface area contributed by atoms with Gasteiger partial charge in [0.2, 0.25) is 0 Å². The van der Waals surface area contributed by atoms with Gasteiger partial charge in [-0.1, -0.05) is 63.2 Å². The maximum atomic E-state index is 13.0. The van der Waals surface area contributed by atoms with Crippen LogP contribution < -0.4 is 5.73 Å². The molecule has 0 radical (unpaired) electrons. The molecule has 1 saturated carbocycles. The number of hydrogen-bond acceptors (Lipinski definition) is 5. The number of nitrogens with zero attached hydrogens (tertiary/aromatic N) is 1. The van der Waals surface area contributed by atoms with E-state index in [1.165, 1.54) is 11.8 Å². The number of sulfonamides is 1. The summed E-state index contributed by atoms with van der Waals surface area (Å²) >= 11 is 1.25. The molecule has 1 unspecified atom stereocenters. The molecule has 0 amide bonds. The molecule has 1 aromatic carbocycles. The zero-order valence-electron chi connectivity index (χ0n) is 18.1. The van der Waals surface area contributed by atoms with Gasteiger partial charge in [-0.15, -0.1) is 0 Å². The quantitative estimate of drug-likeness (QED) is 0.676. The van der Waals surface area contributed by atoms with E-state index in [4.69, 9.17) is 5.73 Å². The number of carbonyl (C=O) groups excluding carboxylic acids is 1. The molecule has 162 valence electrons. The van der Waals surface area contributed by atoms with Gasteiger partial charge in [-0.2, -0.15) is 4.40 Å². The predicted octanol–water partition coefficient (Wildman–Crippen LogP) is 4.83. The Morgan fingerprint density at radius 1 is 1.20 bits per heavy atom. The summed E-state index contributed by atoms with van der Waals surface area (Å²) in [5.74, 6) is -0.211. The van der Waals surface area contributed by atoms with Gasteiger partial charge in [-0.05, 0) is 42.9 Å². The zero-order valence-corrected chi connectivity index (χ0v) is 19.7. The lowest BCUT2D eigenvalue weighted by molar-refractivity contribution is -0.132. The number of rotatable bonds is 6. The van der Waals surface area contributed by atoms with Crippen molar-refractivity contribution in [2.75, 3.05) is 5.75 Å². The van der Waals surface area contributed by atoms with Crippen molar-refractivity contribution < 1.29 is 13.2 Å². The molecule has 1 heterocycles. The van der Waals surface area contributed by atoms with Crippen LogP contribution in [0.25, 0.3) is 5.70 Å². The van der Waals surface area contributed by atoms with Crippen LogP contribution in [-0.4, -0.2) is 25.0 Å². The predicted molar refractivity (Wildman–Crippen MR) is 126 cm³/mol. The molecule has 30 heavy (non-hydrogen) atoms. The lowest BCUT2D eigenvalue weighted by atomic mass is 9.66. The first-order valence-electron chi connectivity index (χ1n) is 10.3. The number of benzene rings is 1. The van der Waals surface area contributed by atoms with Gasteiger partial charge in [0.05, 0.1) is 11.4 Å². The summed E-state index contributed by atoms with van der Waals surface area (Å²) in [7, 11) is -3.82. The van der Waals surface area contributed by atoms with Crippen LogP contribution in [0.5, 0.6) is 0 Å². The molecule has 0 bridgehead atoms. The van der Waals surface area contributed by atoms with Crippen molar-refractivity contribution in [3.05, 3.63) is 52.4 Å². The van der Waals surface area contributed by atoms with E-state index < -0.39 is 15.4 Å². The van der Waals surface area contributed by atoms with Crippen LogP contribution in [0.1, 0.15) is 57.6 Å². The summed E-state index contributed by atoms with van der Waals surface area (Å²) in [5.41, 5.74) is 7.69. The highest BCUT2D eigenvalue weighted by Crippen LogP contribution is 2.54. The third-order valence-electron chi connectivity index (χ3n) is 6.51. The first-order valence-corrected chi connectivity index (χ1v) is 12.7. The number of ketones is 1. The average Bonchev–Trinajstić information content (AvgIpc) is 3.24. The van der Waals surface area contributed by atoms with Gasteiger partial charge in [0.15, 0.2) is 0 Å². The molecule has 1 aromatic rings. The Bertz CT molecular complexity index is 1050. The first-order chi connectivity index (χ1) is 14.0. The Labute approximate surface area is 184 Å². The topological polar surface area (TPSA) is 89.6 Å². The van der Waals surface area contributed by atoms with Gasteiger partial charge < -0.3 is 5.73 Å². The minimum absolute atomic E-state index is 0.0211. The van der Waals surface area contributed by atoms with Crippen molar-refractivity contribution in [3.8, 4) is 0 Å². The summed E-state index contributed by atoms with van der Waals surface area (Å²) in [4.78, 5) is 13.6. The normalized spacial score (nSPS) is 26.3. The standard InChI is InChI=1S/C23H30N2O3S2/c1-5-19(26)23(14-8-13-22(23,3)4)15-30(27,28)25-20-12-11-18(29-20)21(24)17-10-7-6-9-16(17)2/h6-7,9-12H,5,8,13-15,24H2,1-4H3/b21-18-,25-20?. The molecular weight excluding hydrogens is 416 g/mol. The van der Waals surface area contributed by atoms with E-state index in [0.717, 1.165) is 28.9 Å². The summed E-state index contributed by atoms with van der Waals surface area (Å²) in [6.45, 7) is 7.80. The largest absolute Gasteiger partial charge is 0.397 e. The lowest BCUT2D eigenvalue weighted by Gasteiger charge is -2.39. The van der Waals surface area contributed by atoms with Crippen LogP contribution in [0.4, 0.5) is 0 Å². The number of Topliss-reactive ketones (excluding diaryl/α,β-unsaturated/α-hetero) is 1. The van der Waals surface area contributed by atoms with E-state index in [-0.39, 0.29) is 17.0 Å². The third-order valence-corrected chi connectivity index (χ3v) is 8.97. The molecule has 7 heteroatoms. The molecule has 0 aromatic heterocycles. The summed E-state index contributed by atoms with van der Waals surface area (Å²) < 4.78 is 30.1. The number of thioether (sulfide) groups is 1. The summed E-state index contributed by atoms with van der Waals surface area (Å²) in [5, 5.41) is 0.386. The van der Waals surface area contributed by atoms with E-state index in [9.17, 15) is 13.2 Å². The van der Waals surface area contributed by atoms with Crippen LogP contribution in [0, 0.1) is 17.8 Å². The van der Waals surface area contributed by atoms with Crippen molar-refractivity contribution in [1.82, 2.24) is 0 Å². The van der Waals surface area contributed by atoms with Gasteiger partial charge >= 0.3 is 0 Å². The molecule has 2 aliphatic rings. The van der Waals surface area contributed by atoms with Crippen LogP contribution in [0.2, 0.25) is 0 Å². The zero-order chi connectivity index (χ0) is 22.2. The highest BCUT2D eigenvalue weighted by atomic mass is 32.2.